The van der Waals surface area contributed by atoms with Crippen LogP contribution in [0.5, 0.6) is 11.5 Å². The lowest BCUT2D eigenvalue weighted by Gasteiger charge is -2.26. The van der Waals surface area contributed by atoms with Gasteiger partial charge < -0.3 is 18.9 Å². The van der Waals surface area contributed by atoms with Crippen molar-refractivity contribution in [3.05, 3.63) is 53.2 Å². The van der Waals surface area contributed by atoms with Gasteiger partial charge in [0.05, 0.1) is 43.6 Å². The minimum absolute atomic E-state index is 0.0185. The molecule has 4 rings (SSSR count). The van der Waals surface area contributed by atoms with Crippen LogP contribution in [0, 0.1) is 13.8 Å². The highest BCUT2D eigenvalue weighted by molar-refractivity contribution is 5.81. The Labute approximate surface area is 181 Å². The fraction of sp³-hybridized carbons (Fsp3) is 0.391. The molecule has 3 heterocycles. The quantitative estimate of drug-likeness (QED) is 0.598. The molecule has 8 nitrogen and oxygen atoms in total. The average molecular weight is 422 g/mol. The highest BCUT2D eigenvalue weighted by atomic mass is 16.5. The van der Waals surface area contributed by atoms with Gasteiger partial charge in [-0.05, 0) is 44.9 Å². The Hall–Kier alpha value is -3.42. The number of hydrogen-bond acceptors (Lipinski definition) is 7. The maximum atomic E-state index is 13.4. The SMILES string of the molecule is COc1ccc(OC)c(CC(=O)N2CCC[C@@H]2c2nc(C)ncc2-c2cc(C)no2)c1. The van der Waals surface area contributed by atoms with Crippen LogP contribution >= 0.6 is 0 Å². The molecule has 1 fully saturated rings. The van der Waals surface area contributed by atoms with Crippen molar-refractivity contribution in [3.63, 3.8) is 0 Å². The number of ether oxygens (including phenoxy) is 2. The maximum Gasteiger partial charge on any atom is 0.227 e. The van der Waals surface area contributed by atoms with E-state index in [1.54, 1.807) is 20.4 Å². The van der Waals surface area contributed by atoms with Crippen LogP contribution in [0.4, 0.5) is 0 Å². The molecule has 3 aromatic rings. The molecule has 0 saturated carbocycles. The number of carbonyl (C=O) groups is 1. The summed E-state index contributed by atoms with van der Waals surface area (Å²) in [4.78, 5) is 24.3. The zero-order chi connectivity index (χ0) is 22.0. The Morgan fingerprint density at radius 1 is 1.23 bits per heavy atom. The van der Waals surface area contributed by atoms with E-state index in [2.05, 4.69) is 10.1 Å². The number of methoxy groups -OCH3 is 2. The molecule has 0 radical (unpaired) electrons. The molecule has 1 aliphatic rings. The lowest BCUT2D eigenvalue weighted by Crippen LogP contribution is -2.32. The highest BCUT2D eigenvalue weighted by Crippen LogP contribution is 2.37. The smallest absolute Gasteiger partial charge is 0.227 e. The van der Waals surface area contributed by atoms with Gasteiger partial charge in [-0.15, -0.1) is 0 Å². The molecule has 1 atom stereocenters. The van der Waals surface area contributed by atoms with Crippen LogP contribution in [0.2, 0.25) is 0 Å². The maximum absolute atomic E-state index is 13.4. The summed E-state index contributed by atoms with van der Waals surface area (Å²) in [7, 11) is 3.21. The first kappa shape index (κ1) is 20.8. The first-order valence-corrected chi connectivity index (χ1v) is 10.3. The number of likely N-dealkylation sites (tertiary alicyclic amines) is 1. The van der Waals surface area contributed by atoms with Crippen molar-refractivity contribution in [2.45, 2.75) is 39.2 Å². The van der Waals surface area contributed by atoms with Crippen LogP contribution in [0.25, 0.3) is 11.3 Å². The fourth-order valence-electron chi connectivity index (χ4n) is 4.06. The highest BCUT2D eigenvalue weighted by Gasteiger charge is 2.34. The van der Waals surface area contributed by atoms with Gasteiger partial charge in [-0.3, -0.25) is 4.79 Å². The fourth-order valence-corrected chi connectivity index (χ4v) is 4.06. The summed E-state index contributed by atoms with van der Waals surface area (Å²) < 4.78 is 16.2. The molecule has 1 aliphatic heterocycles. The number of aryl methyl sites for hydroxylation is 2. The third kappa shape index (κ3) is 4.23. The second-order valence-corrected chi connectivity index (χ2v) is 7.65. The van der Waals surface area contributed by atoms with Crippen LogP contribution in [-0.2, 0) is 11.2 Å². The lowest BCUT2D eigenvalue weighted by molar-refractivity contribution is -0.131. The number of benzene rings is 1. The van der Waals surface area contributed by atoms with Gasteiger partial charge in [-0.1, -0.05) is 5.16 Å². The number of amides is 1. The number of aromatic nitrogens is 3. The Balaban J connectivity index is 1.65. The van der Waals surface area contributed by atoms with Gasteiger partial charge >= 0.3 is 0 Å². The molecule has 0 N–H and O–H groups in total. The second-order valence-electron chi connectivity index (χ2n) is 7.65. The number of carbonyl (C=O) groups excluding carboxylic acids is 1. The number of rotatable bonds is 6. The van der Waals surface area contributed by atoms with Crippen LogP contribution in [0.15, 0.2) is 35.0 Å². The first-order chi connectivity index (χ1) is 15.0. The topological polar surface area (TPSA) is 90.6 Å². The van der Waals surface area contributed by atoms with Crippen molar-refractivity contribution in [1.82, 2.24) is 20.0 Å². The normalized spacial score (nSPS) is 15.9. The summed E-state index contributed by atoms with van der Waals surface area (Å²) in [6.45, 7) is 4.39. The molecule has 31 heavy (non-hydrogen) atoms. The van der Waals surface area contributed by atoms with E-state index in [4.69, 9.17) is 19.0 Å². The minimum Gasteiger partial charge on any atom is -0.497 e. The van der Waals surface area contributed by atoms with E-state index in [9.17, 15) is 4.79 Å². The van der Waals surface area contributed by atoms with Gasteiger partial charge in [0.2, 0.25) is 5.91 Å². The molecule has 162 valence electrons. The van der Waals surface area contributed by atoms with Crippen molar-refractivity contribution in [1.29, 1.82) is 0 Å². The van der Waals surface area contributed by atoms with Crippen LogP contribution in [0.3, 0.4) is 0 Å². The van der Waals surface area contributed by atoms with Crippen molar-refractivity contribution in [2.24, 2.45) is 0 Å². The molecule has 0 spiro atoms. The zero-order valence-electron chi connectivity index (χ0n) is 18.2. The van der Waals surface area contributed by atoms with Gasteiger partial charge in [-0.25, -0.2) is 9.97 Å². The van der Waals surface area contributed by atoms with Crippen molar-refractivity contribution >= 4 is 5.91 Å². The van der Waals surface area contributed by atoms with E-state index in [1.807, 2.05) is 43.0 Å². The summed E-state index contributed by atoms with van der Waals surface area (Å²) in [6.07, 6.45) is 3.71. The van der Waals surface area contributed by atoms with Crippen molar-refractivity contribution < 1.29 is 18.8 Å². The van der Waals surface area contributed by atoms with E-state index < -0.39 is 0 Å². The zero-order valence-corrected chi connectivity index (χ0v) is 18.2. The molecule has 1 aromatic carbocycles. The van der Waals surface area contributed by atoms with E-state index in [0.717, 1.165) is 35.4 Å². The summed E-state index contributed by atoms with van der Waals surface area (Å²) in [6, 6.07) is 7.20. The molecular weight excluding hydrogens is 396 g/mol. The molecule has 0 aliphatic carbocycles. The summed E-state index contributed by atoms with van der Waals surface area (Å²) in [5.74, 6) is 2.65. The number of nitrogens with zero attached hydrogens (tertiary/aromatic N) is 4. The predicted molar refractivity (Wildman–Crippen MR) is 114 cm³/mol. The standard InChI is InChI=1S/C23H26N4O4/c1-14-10-21(31-26-14)18-13-24-15(2)25-23(18)19-6-5-9-27(19)22(28)12-16-11-17(29-3)7-8-20(16)30-4/h7-8,10-11,13,19H,5-6,9,12H2,1-4H3/t19-/m1/s1. The average Bonchev–Trinajstić information content (AvgIpc) is 3.43. The van der Waals surface area contributed by atoms with Gasteiger partial charge in [-0.2, -0.15) is 0 Å². The van der Waals surface area contributed by atoms with Gasteiger partial charge in [0.1, 0.15) is 17.3 Å². The monoisotopic (exact) mass is 422 g/mol. The van der Waals surface area contributed by atoms with E-state index in [1.165, 1.54) is 0 Å². The Kier molecular flexibility index (Phi) is 5.88. The third-order valence-electron chi connectivity index (χ3n) is 5.55. The lowest BCUT2D eigenvalue weighted by atomic mass is 10.0. The summed E-state index contributed by atoms with van der Waals surface area (Å²) in [5.41, 5.74) is 3.15. The number of hydrogen-bond donors (Lipinski definition) is 0. The Morgan fingerprint density at radius 2 is 2.06 bits per heavy atom. The summed E-state index contributed by atoms with van der Waals surface area (Å²) in [5, 5.41) is 3.99. The summed E-state index contributed by atoms with van der Waals surface area (Å²) >= 11 is 0. The van der Waals surface area contributed by atoms with E-state index >= 15 is 0 Å². The van der Waals surface area contributed by atoms with Gasteiger partial charge in [0, 0.05) is 24.4 Å². The van der Waals surface area contributed by atoms with Gasteiger partial charge in [0.15, 0.2) is 5.76 Å². The molecule has 1 amide bonds. The molecule has 1 saturated heterocycles. The van der Waals surface area contributed by atoms with Gasteiger partial charge in [0.25, 0.3) is 0 Å². The van der Waals surface area contributed by atoms with Crippen molar-refractivity contribution in [2.75, 3.05) is 20.8 Å². The van der Waals surface area contributed by atoms with E-state index in [-0.39, 0.29) is 18.4 Å². The van der Waals surface area contributed by atoms with Crippen LogP contribution < -0.4 is 9.47 Å². The predicted octanol–water partition coefficient (Wildman–Crippen LogP) is 3.67. The van der Waals surface area contributed by atoms with Crippen LogP contribution in [0.1, 0.15) is 41.7 Å². The van der Waals surface area contributed by atoms with E-state index in [0.29, 0.717) is 29.6 Å². The Morgan fingerprint density at radius 3 is 2.77 bits per heavy atom. The van der Waals surface area contributed by atoms with Crippen molar-refractivity contribution in [3.8, 4) is 22.8 Å². The third-order valence-corrected chi connectivity index (χ3v) is 5.55. The molecule has 8 heteroatoms. The largest absolute Gasteiger partial charge is 0.497 e. The second kappa shape index (κ2) is 8.75. The first-order valence-electron chi connectivity index (χ1n) is 10.3. The molecular formula is C23H26N4O4. The van der Waals surface area contributed by atoms with Crippen LogP contribution in [-0.4, -0.2) is 46.7 Å². The Bertz CT molecular complexity index is 1090. The minimum atomic E-state index is -0.147. The molecule has 0 unspecified atom stereocenters. The molecule has 2 aromatic heterocycles. The molecule has 0 bridgehead atoms.